The smallest absolute Gasteiger partial charge is 0.310 e. The fourth-order valence-electron chi connectivity index (χ4n) is 3.27. The largest absolute Gasteiger partial charge is 0.748 e. The molecule has 0 N–H and O–H groups in total. The van der Waals surface area contributed by atoms with Gasteiger partial charge in [-0.3, -0.25) is 0 Å². The van der Waals surface area contributed by atoms with E-state index in [0.717, 1.165) is 28.6 Å². The fourth-order valence-corrected chi connectivity index (χ4v) is 3.27. The highest BCUT2D eigenvalue weighted by molar-refractivity contribution is 7.84. The number of aromatic nitrogens is 2. The van der Waals surface area contributed by atoms with Crippen molar-refractivity contribution in [1.29, 1.82) is 0 Å². The Kier molecular flexibility index (Phi) is 9.73. The zero-order valence-corrected chi connectivity index (χ0v) is 22.1. The topological polar surface area (TPSA) is 97.2 Å². The van der Waals surface area contributed by atoms with E-state index in [9.17, 15) is 0 Å². The molecule has 0 bridgehead atoms. The highest BCUT2D eigenvalue weighted by Crippen LogP contribution is 2.13. The average Bonchev–Trinajstić information content (AvgIpc) is 3.18. The van der Waals surface area contributed by atoms with E-state index in [1.54, 1.807) is 0 Å². The second-order valence-electron chi connectivity index (χ2n) is 8.57. The first-order valence-electron chi connectivity index (χ1n) is 11.1. The molecule has 3 aromatic rings. The molecule has 188 valence electrons. The predicted octanol–water partition coefficient (Wildman–Crippen LogP) is 2.60. The Bertz CT molecular complexity index is 1160. The predicted molar refractivity (Wildman–Crippen MR) is 138 cm³/mol. The SMILES string of the molecule is CC(C)c1n(N=C(c2ccccc2)N(C)C)cc[n+]1N=C(c1ccccc1)N(C)C.CS(=O)(=O)[O-]. The van der Waals surface area contributed by atoms with Gasteiger partial charge in [-0.15, -0.1) is 9.35 Å². The van der Waals surface area contributed by atoms with Crippen LogP contribution in [0.3, 0.4) is 0 Å². The standard InChI is InChI=1S/C24H31N6.CH4O3S/c1-19(2)24-29(25-22(27(3)4)20-13-9-7-10-14-20)17-18-30(24)26-23(28(5)6)21-15-11-8-12-16-21;1-5(2,3)4/h7-19H,1-6H3;1H3,(H,2,3,4)/q+1;/p-1. The third-order valence-electron chi connectivity index (χ3n) is 4.65. The van der Waals surface area contributed by atoms with Gasteiger partial charge in [0.1, 0.15) is 0 Å². The van der Waals surface area contributed by atoms with Crippen LogP contribution in [0.4, 0.5) is 0 Å². The van der Waals surface area contributed by atoms with E-state index in [4.69, 9.17) is 23.2 Å². The van der Waals surface area contributed by atoms with E-state index in [2.05, 4.69) is 38.1 Å². The minimum absolute atomic E-state index is 0.228. The maximum Gasteiger partial charge on any atom is 0.310 e. The molecule has 0 aliphatic heterocycles. The Morgan fingerprint density at radius 1 is 0.886 bits per heavy atom. The second kappa shape index (κ2) is 12.3. The van der Waals surface area contributed by atoms with Crippen LogP contribution in [0.15, 0.2) is 83.3 Å². The highest BCUT2D eigenvalue weighted by atomic mass is 32.2. The molecule has 3 rings (SSSR count). The minimum Gasteiger partial charge on any atom is -0.748 e. The fraction of sp³-hybridized carbons (Fsp3) is 0.320. The number of benzene rings is 2. The van der Waals surface area contributed by atoms with E-state index in [-0.39, 0.29) is 5.92 Å². The van der Waals surface area contributed by atoms with E-state index in [0.29, 0.717) is 6.26 Å². The molecule has 0 saturated heterocycles. The van der Waals surface area contributed by atoms with Crippen LogP contribution in [0.2, 0.25) is 0 Å². The molecule has 1 aromatic heterocycles. The van der Waals surface area contributed by atoms with Gasteiger partial charge < -0.3 is 14.4 Å². The van der Waals surface area contributed by atoms with Gasteiger partial charge in [-0.2, -0.15) is 0 Å². The monoisotopic (exact) mass is 498 g/mol. The number of hydrogen-bond acceptors (Lipinski definition) is 5. The summed E-state index contributed by atoms with van der Waals surface area (Å²) in [5, 5.41) is 9.90. The van der Waals surface area contributed by atoms with Crippen LogP contribution in [0.5, 0.6) is 0 Å². The molecule has 0 atom stereocenters. The van der Waals surface area contributed by atoms with Crippen molar-refractivity contribution >= 4 is 21.8 Å². The molecule has 1 heterocycles. The molecule has 0 radical (unpaired) electrons. The molecule has 10 heteroatoms. The van der Waals surface area contributed by atoms with Crippen LogP contribution in [-0.2, 0) is 10.1 Å². The molecule has 0 fully saturated rings. The lowest BCUT2D eigenvalue weighted by molar-refractivity contribution is -0.687. The first-order valence-corrected chi connectivity index (χ1v) is 12.9. The number of rotatable bonds is 5. The summed E-state index contributed by atoms with van der Waals surface area (Å²) in [4.78, 5) is 4.06. The lowest BCUT2D eigenvalue weighted by atomic mass is 10.2. The molecular formula is C25H34N6O3S. The summed E-state index contributed by atoms with van der Waals surface area (Å²) in [6, 6.07) is 20.4. The molecule has 35 heavy (non-hydrogen) atoms. The first-order chi connectivity index (χ1) is 16.4. The number of amidine groups is 2. The Morgan fingerprint density at radius 2 is 1.31 bits per heavy atom. The van der Waals surface area contributed by atoms with Crippen molar-refractivity contribution in [2.75, 3.05) is 34.4 Å². The van der Waals surface area contributed by atoms with Crippen molar-refractivity contribution in [1.82, 2.24) is 14.5 Å². The number of imidazole rings is 1. The van der Waals surface area contributed by atoms with Crippen LogP contribution < -0.4 is 4.68 Å². The first kappa shape index (κ1) is 27.7. The van der Waals surface area contributed by atoms with Gasteiger partial charge in [0.2, 0.25) is 0 Å². The molecule has 0 aliphatic carbocycles. The average molecular weight is 499 g/mol. The second-order valence-corrected chi connectivity index (χ2v) is 9.98. The summed E-state index contributed by atoms with van der Waals surface area (Å²) in [5.74, 6) is 3.01. The van der Waals surface area contributed by atoms with Crippen molar-refractivity contribution in [3.63, 3.8) is 0 Å². The van der Waals surface area contributed by atoms with Crippen molar-refractivity contribution in [2.24, 2.45) is 10.2 Å². The number of nitrogens with zero attached hydrogens (tertiary/aromatic N) is 6. The van der Waals surface area contributed by atoms with Gasteiger partial charge in [0, 0.05) is 45.6 Å². The summed E-state index contributed by atoms with van der Waals surface area (Å²) in [6.45, 7) is 4.31. The summed E-state index contributed by atoms with van der Waals surface area (Å²) >= 11 is 0. The molecule has 0 spiro atoms. The molecule has 9 nitrogen and oxygen atoms in total. The van der Waals surface area contributed by atoms with Gasteiger partial charge in [0.05, 0.1) is 16.0 Å². The Labute approximate surface area is 208 Å². The third-order valence-corrected chi connectivity index (χ3v) is 4.65. The van der Waals surface area contributed by atoms with Crippen LogP contribution >= 0.6 is 0 Å². The van der Waals surface area contributed by atoms with Gasteiger partial charge in [-0.05, 0) is 0 Å². The molecular weight excluding hydrogens is 464 g/mol. The highest BCUT2D eigenvalue weighted by Gasteiger charge is 2.24. The Morgan fingerprint density at radius 3 is 1.71 bits per heavy atom. The zero-order valence-electron chi connectivity index (χ0n) is 21.3. The third kappa shape index (κ3) is 8.66. The van der Waals surface area contributed by atoms with Crippen LogP contribution in [0.25, 0.3) is 0 Å². The van der Waals surface area contributed by atoms with Crippen molar-refractivity contribution in [3.05, 3.63) is 90.0 Å². The van der Waals surface area contributed by atoms with E-state index in [1.807, 2.05) is 96.1 Å². The Balaban J connectivity index is 0.000000784. The molecule has 0 amide bonds. The molecule has 2 aromatic carbocycles. The van der Waals surface area contributed by atoms with E-state index in [1.165, 1.54) is 0 Å². The number of hydrogen-bond donors (Lipinski definition) is 0. The molecule has 0 unspecified atom stereocenters. The van der Waals surface area contributed by atoms with Crippen LogP contribution in [0.1, 0.15) is 36.7 Å². The summed E-state index contributed by atoms with van der Waals surface area (Å²) in [6.07, 6.45) is 4.53. The summed E-state index contributed by atoms with van der Waals surface area (Å²) in [7, 11) is 4.12. The lowest BCUT2D eigenvalue weighted by Gasteiger charge is -2.15. The normalized spacial score (nSPS) is 12.3. The van der Waals surface area contributed by atoms with Crippen LogP contribution in [-0.4, -0.2) is 73.6 Å². The molecule has 0 saturated carbocycles. The Hall–Kier alpha value is -3.50. The quantitative estimate of drug-likeness (QED) is 0.233. The van der Waals surface area contributed by atoms with Gasteiger partial charge in [0.25, 0.3) is 0 Å². The van der Waals surface area contributed by atoms with E-state index >= 15 is 0 Å². The van der Waals surface area contributed by atoms with Gasteiger partial charge in [-0.25, -0.2) is 8.42 Å². The minimum atomic E-state index is -3.92. The van der Waals surface area contributed by atoms with Crippen molar-refractivity contribution in [2.45, 2.75) is 19.8 Å². The van der Waals surface area contributed by atoms with Crippen molar-refractivity contribution in [3.8, 4) is 0 Å². The van der Waals surface area contributed by atoms with Crippen molar-refractivity contribution < 1.29 is 17.6 Å². The lowest BCUT2D eigenvalue weighted by Crippen LogP contribution is -2.37. The maximum absolute atomic E-state index is 9.08. The summed E-state index contributed by atoms with van der Waals surface area (Å²) < 4.78 is 31.1. The van der Waals surface area contributed by atoms with E-state index < -0.39 is 10.1 Å². The van der Waals surface area contributed by atoms with Gasteiger partial charge in [0.15, 0.2) is 24.1 Å². The van der Waals surface area contributed by atoms with Gasteiger partial charge in [-0.1, -0.05) is 84.7 Å². The van der Waals surface area contributed by atoms with Crippen LogP contribution in [0, 0.1) is 0 Å². The van der Waals surface area contributed by atoms with Gasteiger partial charge >= 0.3 is 5.82 Å². The molecule has 0 aliphatic rings. The zero-order chi connectivity index (χ0) is 26.2. The maximum atomic E-state index is 9.08. The summed E-state index contributed by atoms with van der Waals surface area (Å²) in [5.41, 5.74) is 2.14.